The third-order valence-corrected chi connectivity index (χ3v) is 3.71. The van der Waals surface area contributed by atoms with Crippen molar-refractivity contribution in [2.45, 2.75) is 58.5 Å². The maximum absolute atomic E-state index is 4.46. The van der Waals surface area contributed by atoms with E-state index in [0.29, 0.717) is 6.04 Å². The Morgan fingerprint density at radius 3 is 2.53 bits per heavy atom. The van der Waals surface area contributed by atoms with Crippen LogP contribution in [-0.4, -0.2) is 24.1 Å². The summed E-state index contributed by atoms with van der Waals surface area (Å²) in [5.41, 5.74) is 2.49. The van der Waals surface area contributed by atoms with Gasteiger partial charge in [-0.1, -0.05) is 33.1 Å². The fourth-order valence-corrected chi connectivity index (χ4v) is 2.57. The molecule has 1 aromatic heterocycles. The van der Waals surface area contributed by atoms with Crippen molar-refractivity contribution in [2.24, 2.45) is 0 Å². The molecule has 2 heterocycles. The maximum Gasteiger partial charge on any atom is 0.0562 e. The van der Waals surface area contributed by atoms with Crippen LogP contribution in [-0.2, 0) is 6.54 Å². The van der Waals surface area contributed by atoms with E-state index in [1.54, 1.807) is 0 Å². The molecular weight excluding hydrogens is 234 g/mol. The van der Waals surface area contributed by atoms with E-state index >= 15 is 0 Å². The van der Waals surface area contributed by atoms with Crippen LogP contribution in [0.25, 0.3) is 0 Å². The average molecular weight is 261 g/mol. The Labute approximate surface area is 117 Å². The van der Waals surface area contributed by atoms with Crippen molar-refractivity contribution in [2.75, 3.05) is 18.0 Å². The molecule has 1 aliphatic heterocycles. The van der Waals surface area contributed by atoms with E-state index in [-0.39, 0.29) is 0 Å². The van der Waals surface area contributed by atoms with Gasteiger partial charge in [0.2, 0.25) is 0 Å². The quantitative estimate of drug-likeness (QED) is 0.901. The summed E-state index contributed by atoms with van der Waals surface area (Å²) in [5.74, 6) is 0. The Morgan fingerprint density at radius 2 is 1.84 bits per heavy atom. The molecule has 19 heavy (non-hydrogen) atoms. The maximum atomic E-state index is 4.46. The van der Waals surface area contributed by atoms with E-state index in [9.17, 15) is 0 Å². The van der Waals surface area contributed by atoms with Crippen molar-refractivity contribution >= 4 is 5.69 Å². The minimum absolute atomic E-state index is 0.507. The number of hydrogen-bond donors (Lipinski definition) is 1. The molecule has 1 aliphatic rings. The van der Waals surface area contributed by atoms with Crippen molar-refractivity contribution in [3.05, 3.63) is 24.0 Å². The second kappa shape index (κ2) is 7.49. The largest absolute Gasteiger partial charge is 0.371 e. The second-order valence-electron chi connectivity index (χ2n) is 5.80. The Morgan fingerprint density at radius 1 is 1.16 bits per heavy atom. The zero-order chi connectivity index (χ0) is 13.5. The first-order chi connectivity index (χ1) is 9.25. The summed E-state index contributed by atoms with van der Waals surface area (Å²) in [7, 11) is 0. The van der Waals surface area contributed by atoms with E-state index in [2.05, 4.69) is 41.2 Å². The molecule has 1 aromatic rings. The lowest BCUT2D eigenvalue weighted by Crippen LogP contribution is -2.27. The van der Waals surface area contributed by atoms with Crippen molar-refractivity contribution in [3.63, 3.8) is 0 Å². The predicted octanol–water partition coefficient (Wildman–Crippen LogP) is 3.35. The highest BCUT2D eigenvalue weighted by molar-refractivity contribution is 5.46. The summed E-state index contributed by atoms with van der Waals surface area (Å²) in [6.45, 7) is 7.59. The first kappa shape index (κ1) is 14.3. The lowest BCUT2D eigenvalue weighted by atomic mass is 10.1. The minimum Gasteiger partial charge on any atom is -0.371 e. The van der Waals surface area contributed by atoms with Crippen LogP contribution in [0.15, 0.2) is 18.3 Å². The van der Waals surface area contributed by atoms with Crippen LogP contribution in [0.4, 0.5) is 5.69 Å². The molecule has 106 valence electrons. The van der Waals surface area contributed by atoms with Gasteiger partial charge in [0.15, 0.2) is 0 Å². The minimum atomic E-state index is 0.507. The van der Waals surface area contributed by atoms with E-state index in [4.69, 9.17) is 0 Å². The van der Waals surface area contributed by atoms with Crippen LogP contribution in [0, 0.1) is 0 Å². The lowest BCUT2D eigenvalue weighted by molar-refractivity contribution is 0.555. The van der Waals surface area contributed by atoms with E-state index < -0.39 is 0 Å². The third kappa shape index (κ3) is 4.83. The number of rotatable bonds is 4. The third-order valence-electron chi connectivity index (χ3n) is 3.71. The second-order valence-corrected chi connectivity index (χ2v) is 5.80. The molecule has 1 saturated heterocycles. The smallest absolute Gasteiger partial charge is 0.0562 e. The van der Waals surface area contributed by atoms with Gasteiger partial charge in [0, 0.05) is 37.6 Å². The fourth-order valence-electron chi connectivity index (χ4n) is 2.57. The molecule has 0 amide bonds. The number of pyridine rings is 1. The number of aromatic nitrogens is 1. The first-order valence-electron chi connectivity index (χ1n) is 7.69. The monoisotopic (exact) mass is 261 g/mol. The van der Waals surface area contributed by atoms with E-state index in [1.165, 1.54) is 50.9 Å². The van der Waals surface area contributed by atoms with Crippen molar-refractivity contribution in [3.8, 4) is 0 Å². The van der Waals surface area contributed by atoms with Gasteiger partial charge in [-0.15, -0.1) is 0 Å². The lowest BCUT2D eigenvalue weighted by Gasteiger charge is -2.27. The number of anilines is 1. The molecule has 0 aromatic carbocycles. The topological polar surface area (TPSA) is 28.2 Å². The van der Waals surface area contributed by atoms with Gasteiger partial charge in [-0.3, -0.25) is 4.98 Å². The van der Waals surface area contributed by atoms with Crippen molar-refractivity contribution in [1.29, 1.82) is 0 Å². The van der Waals surface area contributed by atoms with Crippen molar-refractivity contribution < 1.29 is 0 Å². The van der Waals surface area contributed by atoms with Gasteiger partial charge in [-0.2, -0.15) is 0 Å². The molecule has 0 unspecified atom stereocenters. The van der Waals surface area contributed by atoms with Gasteiger partial charge >= 0.3 is 0 Å². The molecule has 3 heteroatoms. The van der Waals surface area contributed by atoms with Crippen LogP contribution in [0.1, 0.15) is 51.6 Å². The molecule has 2 rings (SSSR count). The zero-order valence-electron chi connectivity index (χ0n) is 12.4. The Balaban J connectivity index is 1.99. The SMILES string of the molecule is CC(C)NCc1cc(N2CCCCCCC2)ccn1. The highest BCUT2D eigenvalue weighted by Crippen LogP contribution is 2.19. The number of nitrogens with zero attached hydrogens (tertiary/aromatic N) is 2. The molecule has 0 bridgehead atoms. The van der Waals surface area contributed by atoms with Gasteiger partial charge in [0.25, 0.3) is 0 Å². The molecule has 0 atom stereocenters. The average Bonchev–Trinajstić information content (AvgIpc) is 2.36. The van der Waals surface area contributed by atoms with Gasteiger partial charge < -0.3 is 10.2 Å². The molecule has 1 N–H and O–H groups in total. The normalized spacial score (nSPS) is 17.3. The summed E-state index contributed by atoms with van der Waals surface area (Å²) in [4.78, 5) is 6.99. The molecule has 0 radical (unpaired) electrons. The molecule has 3 nitrogen and oxygen atoms in total. The van der Waals surface area contributed by atoms with Gasteiger partial charge in [0.05, 0.1) is 5.69 Å². The highest BCUT2D eigenvalue weighted by Gasteiger charge is 2.09. The molecular formula is C16H27N3. The van der Waals surface area contributed by atoms with E-state index in [0.717, 1.165) is 12.2 Å². The first-order valence-corrected chi connectivity index (χ1v) is 7.69. The zero-order valence-corrected chi connectivity index (χ0v) is 12.4. The van der Waals surface area contributed by atoms with Crippen molar-refractivity contribution in [1.82, 2.24) is 10.3 Å². The Kier molecular flexibility index (Phi) is 5.64. The van der Waals surface area contributed by atoms with Crippen LogP contribution in [0.3, 0.4) is 0 Å². The molecule has 1 fully saturated rings. The number of hydrogen-bond acceptors (Lipinski definition) is 3. The fraction of sp³-hybridized carbons (Fsp3) is 0.688. The Hall–Kier alpha value is -1.09. The van der Waals surface area contributed by atoms with Gasteiger partial charge in [0.1, 0.15) is 0 Å². The van der Waals surface area contributed by atoms with Crippen LogP contribution >= 0.6 is 0 Å². The highest BCUT2D eigenvalue weighted by atomic mass is 15.1. The van der Waals surface area contributed by atoms with Gasteiger partial charge in [-0.05, 0) is 25.0 Å². The Bertz CT molecular complexity index is 368. The summed E-state index contributed by atoms with van der Waals surface area (Å²) < 4.78 is 0. The van der Waals surface area contributed by atoms with E-state index in [1.807, 2.05) is 6.20 Å². The predicted molar refractivity (Wildman–Crippen MR) is 81.5 cm³/mol. The standard InChI is InChI=1S/C16H27N3/c1-14(2)18-13-15-12-16(8-9-17-15)19-10-6-4-3-5-7-11-19/h8-9,12,14,18H,3-7,10-11,13H2,1-2H3. The summed E-state index contributed by atoms with van der Waals surface area (Å²) in [5, 5.41) is 3.43. The molecule has 0 aliphatic carbocycles. The van der Waals surface area contributed by atoms with Crippen LogP contribution in [0.2, 0.25) is 0 Å². The van der Waals surface area contributed by atoms with Crippen LogP contribution in [0.5, 0.6) is 0 Å². The molecule has 0 spiro atoms. The number of nitrogens with one attached hydrogen (secondary N) is 1. The summed E-state index contributed by atoms with van der Waals surface area (Å²) in [6.07, 6.45) is 8.76. The summed E-state index contributed by atoms with van der Waals surface area (Å²) in [6, 6.07) is 4.91. The molecule has 0 saturated carbocycles. The van der Waals surface area contributed by atoms with Crippen LogP contribution < -0.4 is 10.2 Å². The summed E-state index contributed by atoms with van der Waals surface area (Å²) >= 11 is 0. The van der Waals surface area contributed by atoms with Gasteiger partial charge in [-0.25, -0.2) is 0 Å².